The number of ether oxygens (including phenoxy) is 4. The lowest BCUT2D eigenvalue weighted by Crippen LogP contribution is -2.65. The number of hydrogen-bond donors (Lipinski definition) is 9. The first-order valence-corrected chi connectivity index (χ1v) is 40.0. The summed E-state index contributed by atoms with van der Waals surface area (Å²) in [5.41, 5.74) is 0. The molecule has 0 aromatic heterocycles. The van der Waals surface area contributed by atoms with Gasteiger partial charge in [-0.2, -0.15) is 0 Å². The number of nitrogens with one attached hydrogen (secondary N) is 1. The van der Waals surface area contributed by atoms with Gasteiger partial charge in [0.1, 0.15) is 48.8 Å². The Morgan fingerprint density at radius 3 is 1.11 bits per heavy atom. The van der Waals surface area contributed by atoms with Crippen molar-refractivity contribution in [3.05, 3.63) is 60.8 Å². The van der Waals surface area contributed by atoms with Crippen LogP contribution in [-0.4, -0.2) is 140 Å². The SMILES string of the molecule is CCCCCCC/C=C\C/C=C\C/C=C\CCCCCCCCCCCCCCCCCCCCCCC(=O)NC(COC1OC(CO)C(OC2OC(CO)C(O)C(O)C2O)C(O)C1O)C(O)/C=C/CC/C=C/CCCCCCCCCCCCCCCCCCCCCC. The van der Waals surface area contributed by atoms with Crippen molar-refractivity contribution in [2.24, 2.45) is 0 Å². The molecule has 2 aliphatic rings. The van der Waals surface area contributed by atoms with Gasteiger partial charge in [-0.15, -0.1) is 0 Å². The van der Waals surface area contributed by atoms with Crippen molar-refractivity contribution in [3.8, 4) is 0 Å². The van der Waals surface area contributed by atoms with E-state index in [1.165, 1.54) is 276 Å². The number of carbonyl (C=O) groups excluding carboxylic acids is 1. The van der Waals surface area contributed by atoms with E-state index in [9.17, 15) is 45.6 Å². The molecule has 0 spiro atoms. The summed E-state index contributed by atoms with van der Waals surface area (Å²) >= 11 is 0. The molecule has 556 valence electrons. The van der Waals surface area contributed by atoms with Crippen molar-refractivity contribution >= 4 is 5.91 Å². The van der Waals surface area contributed by atoms with Crippen LogP contribution in [0.15, 0.2) is 60.8 Å². The maximum absolute atomic E-state index is 13.4. The zero-order chi connectivity index (χ0) is 68.7. The first-order chi connectivity index (χ1) is 46.6. The Hall–Kier alpha value is -2.31. The summed E-state index contributed by atoms with van der Waals surface area (Å²) in [4.78, 5) is 13.4. The zero-order valence-corrected chi connectivity index (χ0v) is 60.9. The highest BCUT2D eigenvalue weighted by Gasteiger charge is 2.51. The fraction of sp³-hybridized carbons (Fsp3) is 0.864. The van der Waals surface area contributed by atoms with Crippen LogP contribution in [0.4, 0.5) is 0 Å². The van der Waals surface area contributed by atoms with Gasteiger partial charge >= 0.3 is 0 Å². The first kappa shape index (κ1) is 88.8. The monoisotopic (exact) mass is 1340 g/mol. The summed E-state index contributed by atoms with van der Waals surface area (Å²) in [6.45, 7) is 2.82. The van der Waals surface area contributed by atoms with Crippen LogP contribution < -0.4 is 5.32 Å². The molecule has 95 heavy (non-hydrogen) atoms. The number of allylic oxidation sites excluding steroid dienone is 9. The maximum Gasteiger partial charge on any atom is 0.220 e. The van der Waals surface area contributed by atoms with Gasteiger partial charge in [-0.25, -0.2) is 0 Å². The number of aliphatic hydroxyl groups is 8. The van der Waals surface area contributed by atoms with Gasteiger partial charge in [0.25, 0.3) is 0 Å². The van der Waals surface area contributed by atoms with Crippen LogP contribution in [0.3, 0.4) is 0 Å². The maximum atomic E-state index is 13.4. The third-order valence-corrected chi connectivity index (χ3v) is 19.4. The van der Waals surface area contributed by atoms with E-state index in [1.54, 1.807) is 6.08 Å². The lowest BCUT2D eigenvalue weighted by atomic mass is 9.97. The minimum Gasteiger partial charge on any atom is -0.394 e. The molecule has 2 fully saturated rings. The normalized spacial score (nSPS) is 22.6. The average Bonchev–Trinajstić information content (AvgIpc) is 0.800. The van der Waals surface area contributed by atoms with Gasteiger partial charge in [0, 0.05) is 6.42 Å². The molecule has 2 saturated heterocycles. The van der Waals surface area contributed by atoms with Gasteiger partial charge in [-0.1, -0.05) is 338 Å². The van der Waals surface area contributed by atoms with E-state index in [0.717, 1.165) is 44.9 Å². The summed E-state index contributed by atoms with van der Waals surface area (Å²) in [5.74, 6) is -0.243. The molecule has 0 saturated carbocycles. The highest BCUT2D eigenvalue weighted by atomic mass is 16.7. The molecule has 0 aliphatic carbocycles. The minimum atomic E-state index is -1.79. The molecule has 0 aromatic carbocycles. The van der Waals surface area contributed by atoms with Crippen molar-refractivity contribution in [1.82, 2.24) is 5.32 Å². The van der Waals surface area contributed by atoms with Gasteiger partial charge in [-0.3, -0.25) is 4.79 Å². The topological polar surface area (TPSA) is 228 Å². The third kappa shape index (κ3) is 48.2. The summed E-state index contributed by atoms with van der Waals surface area (Å²) in [5, 5.41) is 87.6. The molecule has 0 radical (unpaired) electrons. The number of aliphatic hydroxyl groups excluding tert-OH is 8. The molecular weight excluding hydrogens is 1190 g/mol. The van der Waals surface area contributed by atoms with E-state index in [0.29, 0.717) is 12.8 Å². The molecule has 14 heteroatoms. The van der Waals surface area contributed by atoms with Crippen LogP contribution in [0, 0.1) is 0 Å². The highest BCUT2D eigenvalue weighted by Crippen LogP contribution is 2.30. The van der Waals surface area contributed by atoms with E-state index in [4.69, 9.17) is 18.9 Å². The van der Waals surface area contributed by atoms with E-state index in [1.807, 2.05) is 6.08 Å². The zero-order valence-electron chi connectivity index (χ0n) is 60.9. The van der Waals surface area contributed by atoms with Crippen LogP contribution in [0.5, 0.6) is 0 Å². The molecule has 0 aromatic rings. The molecule has 12 atom stereocenters. The molecule has 14 nitrogen and oxygen atoms in total. The van der Waals surface area contributed by atoms with E-state index in [-0.39, 0.29) is 18.9 Å². The highest BCUT2D eigenvalue weighted by molar-refractivity contribution is 5.76. The second-order valence-corrected chi connectivity index (χ2v) is 28.2. The molecule has 1 amide bonds. The Morgan fingerprint density at radius 2 is 0.705 bits per heavy atom. The average molecular weight is 1350 g/mol. The summed E-state index contributed by atoms with van der Waals surface area (Å²) in [7, 11) is 0. The lowest BCUT2D eigenvalue weighted by molar-refractivity contribution is -0.359. The van der Waals surface area contributed by atoms with Gasteiger partial charge in [0.2, 0.25) is 5.91 Å². The van der Waals surface area contributed by atoms with E-state index < -0.39 is 86.8 Å². The van der Waals surface area contributed by atoms with Crippen LogP contribution in [-0.2, 0) is 23.7 Å². The predicted octanol–water partition coefficient (Wildman–Crippen LogP) is 18.0. The lowest BCUT2D eigenvalue weighted by Gasteiger charge is -2.46. The van der Waals surface area contributed by atoms with Gasteiger partial charge < -0.3 is 65.1 Å². The van der Waals surface area contributed by atoms with Crippen LogP contribution in [0.25, 0.3) is 0 Å². The molecule has 12 unspecified atom stereocenters. The minimum absolute atomic E-state index is 0.243. The Balaban J connectivity index is 1.62. The van der Waals surface area contributed by atoms with Gasteiger partial charge in [-0.05, 0) is 70.6 Å². The number of carbonyl (C=O) groups is 1. The van der Waals surface area contributed by atoms with Crippen molar-refractivity contribution in [3.63, 3.8) is 0 Å². The summed E-state index contributed by atoms with van der Waals surface area (Å²) < 4.78 is 22.9. The Bertz CT molecular complexity index is 1830. The van der Waals surface area contributed by atoms with Crippen molar-refractivity contribution in [1.29, 1.82) is 0 Å². The quantitative estimate of drug-likeness (QED) is 0.0204. The number of rotatable bonds is 67. The molecule has 9 N–H and O–H groups in total. The predicted molar refractivity (Wildman–Crippen MR) is 392 cm³/mol. The number of amides is 1. The second-order valence-electron chi connectivity index (χ2n) is 28.2. The molecule has 0 bridgehead atoms. The van der Waals surface area contributed by atoms with Crippen LogP contribution >= 0.6 is 0 Å². The van der Waals surface area contributed by atoms with Crippen LogP contribution in [0.1, 0.15) is 354 Å². The number of hydrogen-bond acceptors (Lipinski definition) is 13. The molecule has 2 rings (SSSR count). The second kappa shape index (κ2) is 65.0. The standard InChI is InChI=1S/C81H149NO13/c1-3-5-7-9-11-13-15-17-19-21-23-25-27-29-31-32-33-34-35-36-37-38-39-41-43-45-47-49-51-53-55-57-59-61-63-65-73(86)82-69(68-92-80-78(91)76(89)79(72(67-84)94-80)95-81-77(90)75(88)74(87)71(66-83)93-81)70(85)64-62-60-58-56-54-52-50-48-46-44-42-40-30-28-26-24-22-20-18-16-14-12-10-8-6-4-2/h15,17,21,23,27,29,54,56,62,64,69-72,74-81,83-85,87-91H,3-14,16,18-20,22,24-26,28,30-53,55,57-61,63,65-68H2,1-2H3,(H,82,86)/b17-15-,23-21-,29-27-,56-54+,64-62+. The van der Waals surface area contributed by atoms with Crippen molar-refractivity contribution in [2.45, 2.75) is 428 Å². The number of unbranched alkanes of at least 4 members (excludes halogenated alkanes) is 46. The van der Waals surface area contributed by atoms with Gasteiger partial charge in [0.15, 0.2) is 12.6 Å². The van der Waals surface area contributed by atoms with Gasteiger partial charge in [0.05, 0.1) is 32.0 Å². The largest absolute Gasteiger partial charge is 0.394 e. The Morgan fingerprint density at radius 1 is 0.379 bits per heavy atom. The van der Waals surface area contributed by atoms with E-state index in [2.05, 4.69) is 67.8 Å². The summed E-state index contributed by atoms with van der Waals surface area (Å²) in [6, 6.07) is -0.934. The Kier molecular flexibility index (Phi) is 60.8. The first-order valence-electron chi connectivity index (χ1n) is 40.0. The van der Waals surface area contributed by atoms with Crippen molar-refractivity contribution in [2.75, 3.05) is 19.8 Å². The Labute approximate surface area is 581 Å². The third-order valence-electron chi connectivity index (χ3n) is 19.4. The molecule has 2 aliphatic heterocycles. The van der Waals surface area contributed by atoms with Crippen LogP contribution in [0.2, 0.25) is 0 Å². The molecule has 2 heterocycles. The van der Waals surface area contributed by atoms with Crippen molar-refractivity contribution < 1.29 is 64.6 Å². The fourth-order valence-electron chi connectivity index (χ4n) is 13.1. The smallest absolute Gasteiger partial charge is 0.220 e. The molecular formula is C81H149NO13. The summed E-state index contributed by atoms with van der Waals surface area (Å²) in [6.07, 6.45) is 71.6. The fourth-order valence-corrected chi connectivity index (χ4v) is 13.1. The van der Waals surface area contributed by atoms with E-state index >= 15 is 0 Å².